The molecule has 6 aromatic rings. The summed E-state index contributed by atoms with van der Waals surface area (Å²) in [4.78, 5) is 8.80. The molecule has 0 saturated carbocycles. The minimum absolute atomic E-state index is 0. The normalized spacial score (nSPS) is 11.9. The molecule has 6 heteroatoms. The van der Waals surface area contributed by atoms with Crippen molar-refractivity contribution in [3.63, 3.8) is 0 Å². The Balaban J connectivity index is 0.00000241. The van der Waals surface area contributed by atoms with Crippen molar-refractivity contribution in [2.75, 3.05) is 0 Å². The predicted molar refractivity (Wildman–Crippen MR) is 121 cm³/mol. The van der Waals surface area contributed by atoms with Gasteiger partial charge in [0, 0.05) is 50.0 Å². The zero-order valence-corrected chi connectivity index (χ0v) is 18.8. The Hall–Kier alpha value is -3.69. The number of fused-ring (bicyclic) bond motifs is 4. The van der Waals surface area contributed by atoms with Gasteiger partial charge < -0.3 is 14.4 Å². The van der Waals surface area contributed by atoms with E-state index in [9.17, 15) is 5.11 Å². The first-order valence-electron chi connectivity index (χ1n) is 10.7. The van der Waals surface area contributed by atoms with Crippen LogP contribution in [0.2, 0.25) is 0 Å². The van der Waals surface area contributed by atoms with Crippen LogP contribution < -0.4 is 4.74 Å². The molecule has 0 saturated heterocycles. The molecule has 0 spiro atoms. The standard InChI is InChI=1S/C26H16N3O2.Pt/c30-23-9-5-6-17-11-14-25(28-26(17)23)31-18-12-13-20-19-7-1-2-8-21(19)29(22(20)16-18)24-10-3-4-15-27-24;/h1-15,30H;/q-1;/i4D,10D;. The Morgan fingerprint density at radius 3 is 2.75 bits per heavy atom. The molecule has 0 unspecified atom stereocenters. The third-order valence-electron chi connectivity index (χ3n) is 5.20. The first-order valence-corrected chi connectivity index (χ1v) is 9.74. The molecule has 1 N–H and O–H groups in total. The fourth-order valence-electron chi connectivity index (χ4n) is 3.84. The summed E-state index contributed by atoms with van der Waals surface area (Å²) in [7, 11) is 0. The van der Waals surface area contributed by atoms with Crippen molar-refractivity contribution in [1.82, 2.24) is 14.5 Å². The Kier molecular flexibility index (Phi) is 4.54. The van der Waals surface area contributed by atoms with Crippen molar-refractivity contribution in [3.8, 4) is 23.2 Å². The maximum Gasteiger partial charge on any atom is 0.217 e. The van der Waals surface area contributed by atoms with Gasteiger partial charge in [-0.25, -0.2) is 9.97 Å². The van der Waals surface area contributed by atoms with Crippen LogP contribution >= 0.6 is 0 Å². The molecule has 0 bridgehead atoms. The van der Waals surface area contributed by atoms with Crippen molar-refractivity contribution < 1.29 is 33.7 Å². The summed E-state index contributed by atoms with van der Waals surface area (Å²) in [5, 5.41) is 12.9. The SMILES string of the molecule is [2H]c1cnc(-n2c3[c-]c(Oc4ccc5cccc(O)c5n4)ccc3c3ccccc32)c([2H])c1.[Pt]. The van der Waals surface area contributed by atoms with Gasteiger partial charge in [-0.1, -0.05) is 41.9 Å². The van der Waals surface area contributed by atoms with Crippen LogP contribution in [0.3, 0.4) is 0 Å². The number of phenols is 1. The maximum absolute atomic E-state index is 10.1. The molecule has 32 heavy (non-hydrogen) atoms. The van der Waals surface area contributed by atoms with E-state index in [2.05, 4.69) is 16.0 Å². The summed E-state index contributed by atoms with van der Waals surface area (Å²) in [5.41, 5.74) is 2.05. The number of nitrogens with zero attached hydrogens (tertiary/aromatic N) is 3. The Morgan fingerprint density at radius 2 is 1.84 bits per heavy atom. The van der Waals surface area contributed by atoms with Gasteiger partial charge >= 0.3 is 0 Å². The number of hydrogen-bond acceptors (Lipinski definition) is 4. The molecule has 3 aromatic carbocycles. The quantitative estimate of drug-likeness (QED) is 0.253. The fourth-order valence-corrected chi connectivity index (χ4v) is 3.84. The van der Waals surface area contributed by atoms with E-state index in [-0.39, 0.29) is 38.9 Å². The number of hydrogen-bond donors (Lipinski definition) is 1. The van der Waals surface area contributed by atoms with E-state index in [0.29, 0.717) is 28.5 Å². The molecule has 3 heterocycles. The van der Waals surface area contributed by atoms with E-state index in [1.807, 2.05) is 53.1 Å². The van der Waals surface area contributed by atoms with E-state index in [4.69, 9.17) is 7.48 Å². The zero-order valence-electron chi connectivity index (χ0n) is 18.5. The largest absolute Gasteiger partial charge is 0.506 e. The number of rotatable bonds is 3. The second-order valence-electron chi connectivity index (χ2n) is 7.07. The average Bonchev–Trinajstić information content (AvgIpc) is 3.13. The number of ether oxygens (including phenoxy) is 1. The summed E-state index contributed by atoms with van der Waals surface area (Å²) >= 11 is 0. The molecule has 5 nitrogen and oxygen atoms in total. The van der Waals surface area contributed by atoms with Crippen molar-refractivity contribution in [3.05, 3.63) is 97.1 Å². The van der Waals surface area contributed by atoms with Gasteiger partial charge in [0.1, 0.15) is 17.1 Å². The number of aromatic hydroxyl groups is 1. The predicted octanol–water partition coefficient (Wildman–Crippen LogP) is 6.02. The molecule has 0 aliphatic heterocycles. The van der Waals surface area contributed by atoms with Crippen LogP contribution in [0.4, 0.5) is 0 Å². The maximum atomic E-state index is 10.1. The van der Waals surface area contributed by atoms with Crippen LogP contribution in [0.5, 0.6) is 17.4 Å². The first-order chi connectivity index (χ1) is 16.1. The summed E-state index contributed by atoms with van der Waals surface area (Å²) in [6.07, 6.45) is 1.43. The van der Waals surface area contributed by atoms with Crippen molar-refractivity contribution in [2.45, 2.75) is 0 Å². The number of aromatic nitrogens is 3. The Labute approximate surface area is 201 Å². The van der Waals surface area contributed by atoms with Gasteiger partial charge in [-0.05, 0) is 35.7 Å². The number of phenolic OH excluding ortho intramolecular Hbond substituents is 1. The van der Waals surface area contributed by atoms with Gasteiger partial charge in [-0.2, -0.15) is 6.07 Å². The monoisotopic (exact) mass is 599 g/mol. The van der Waals surface area contributed by atoms with Crippen molar-refractivity contribution in [1.29, 1.82) is 0 Å². The molecule has 158 valence electrons. The summed E-state index contributed by atoms with van der Waals surface area (Å²) in [6.45, 7) is 0. The number of pyridine rings is 2. The van der Waals surface area contributed by atoms with Gasteiger partial charge in [-0.15, -0.1) is 17.5 Å². The second kappa shape index (κ2) is 8.10. The molecular weight excluding hydrogens is 581 g/mol. The minimum atomic E-state index is 0. The van der Waals surface area contributed by atoms with Crippen LogP contribution in [0.15, 0.2) is 91.1 Å². The van der Waals surface area contributed by atoms with E-state index < -0.39 is 0 Å². The molecule has 3 aromatic heterocycles. The van der Waals surface area contributed by atoms with Crippen LogP contribution in [-0.4, -0.2) is 19.6 Å². The second-order valence-corrected chi connectivity index (χ2v) is 7.07. The minimum Gasteiger partial charge on any atom is -0.506 e. The molecule has 0 atom stereocenters. The van der Waals surface area contributed by atoms with Crippen LogP contribution in [0.25, 0.3) is 38.5 Å². The van der Waals surface area contributed by atoms with E-state index >= 15 is 0 Å². The van der Waals surface area contributed by atoms with Gasteiger partial charge in [-0.3, -0.25) is 0 Å². The van der Waals surface area contributed by atoms with Gasteiger partial charge in [0.25, 0.3) is 0 Å². The van der Waals surface area contributed by atoms with Gasteiger partial charge in [0.05, 0.1) is 2.74 Å². The Morgan fingerprint density at radius 1 is 0.938 bits per heavy atom. The van der Waals surface area contributed by atoms with E-state index in [1.165, 1.54) is 12.3 Å². The Bertz CT molecular complexity index is 1700. The first kappa shape index (κ1) is 17.9. The zero-order chi connectivity index (χ0) is 22.5. The molecule has 6 rings (SSSR count). The number of benzene rings is 3. The van der Waals surface area contributed by atoms with Gasteiger partial charge in [0.2, 0.25) is 5.88 Å². The molecule has 0 radical (unpaired) electrons. The summed E-state index contributed by atoms with van der Waals surface area (Å²) < 4.78 is 24.0. The molecule has 0 aliphatic carbocycles. The molecule has 0 aliphatic rings. The third kappa shape index (κ3) is 3.31. The van der Waals surface area contributed by atoms with Gasteiger partial charge in [0.15, 0.2) is 0 Å². The molecule has 0 amide bonds. The fraction of sp³-hybridized carbons (Fsp3) is 0. The number of para-hydroxylation sites is 2. The third-order valence-corrected chi connectivity index (χ3v) is 5.20. The van der Waals surface area contributed by atoms with Crippen molar-refractivity contribution >= 4 is 32.7 Å². The van der Waals surface area contributed by atoms with E-state index in [0.717, 1.165) is 21.7 Å². The van der Waals surface area contributed by atoms with Crippen molar-refractivity contribution in [2.24, 2.45) is 0 Å². The van der Waals surface area contributed by atoms with E-state index in [1.54, 1.807) is 18.2 Å². The summed E-state index contributed by atoms with van der Waals surface area (Å²) in [5.74, 6) is 1.28. The average molecular weight is 600 g/mol. The van der Waals surface area contributed by atoms with Crippen LogP contribution in [0, 0.1) is 6.07 Å². The molecule has 0 fully saturated rings. The van der Waals surface area contributed by atoms with Crippen LogP contribution in [-0.2, 0) is 21.1 Å². The topological polar surface area (TPSA) is 60.2 Å². The summed E-state index contributed by atoms with van der Waals surface area (Å²) in [6, 6.07) is 25.5. The smallest absolute Gasteiger partial charge is 0.217 e. The van der Waals surface area contributed by atoms with Crippen LogP contribution in [0.1, 0.15) is 2.74 Å². The molecular formula is C26H16N3O2Pt-.